The number of hydrogen-bond acceptors (Lipinski definition) is 3. The van der Waals surface area contributed by atoms with Gasteiger partial charge >= 0.3 is 12.1 Å². The lowest BCUT2D eigenvalue weighted by Gasteiger charge is -2.25. The molecule has 110 valence electrons. The first kappa shape index (κ1) is 14.6. The summed E-state index contributed by atoms with van der Waals surface area (Å²) in [5, 5.41) is 0. The molecule has 1 amide bonds. The predicted molar refractivity (Wildman–Crippen MR) is 63.9 cm³/mol. The second-order valence-electron chi connectivity index (χ2n) is 4.75. The summed E-state index contributed by atoms with van der Waals surface area (Å²) < 4.78 is 37.1. The molecule has 1 aliphatic heterocycles. The van der Waals surface area contributed by atoms with Gasteiger partial charge in [-0.05, 0) is 25.0 Å². The Kier molecular flexibility index (Phi) is 3.89. The molecule has 1 aromatic rings. The second-order valence-corrected chi connectivity index (χ2v) is 4.75. The van der Waals surface area contributed by atoms with Crippen molar-refractivity contribution in [1.29, 1.82) is 0 Å². The van der Waals surface area contributed by atoms with E-state index in [-0.39, 0.29) is 0 Å². The average molecular weight is 289 g/mol. The van der Waals surface area contributed by atoms with Crippen LogP contribution in [0.2, 0.25) is 0 Å². The van der Waals surface area contributed by atoms with Crippen LogP contribution in [0.4, 0.5) is 13.2 Å². The third kappa shape index (κ3) is 3.04. The standard InChI is InChI=1S/C13H14F3NO3/c1-8(17(2)12(18)13(14,15)16)5-9-3-4-10-7-19-20-11(10)6-9/h3-4,6,8H,5,7H2,1-2H3. The molecule has 0 saturated heterocycles. The van der Waals surface area contributed by atoms with Gasteiger partial charge in [-0.25, -0.2) is 0 Å². The second kappa shape index (κ2) is 5.32. The van der Waals surface area contributed by atoms with Crippen LogP contribution in [0.3, 0.4) is 0 Å². The van der Waals surface area contributed by atoms with Crippen LogP contribution in [0.15, 0.2) is 18.2 Å². The minimum absolute atomic E-state index is 0.301. The molecule has 1 aliphatic rings. The van der Waals surface area contributed by atoms with E-state index >= 15 is 0 Å². The van der Waals surface area contributed by atoms with Crippen LogP contribution in [-0.4, -0.2) is 30.1 Å². The van der Waals surface area contributed by atoms with E-state index in [0.717, 1.165) is 18.2 Å². The molecule has 1 aromatic carbocycles. The van der Waals surface area contributed by atoms with E-state index in [1.54, 1.807) is 25.1 Å². The molecule has 1 unspecified atom stereocenters. The molecule has 0 radical (unpaired) electrons. The third-order valence-electron chi connectivity index (χ3n) is 3.25. The quantitative estimate of drug-likeness (QED) is 0.802. The number of amides is 1. The summed E-state index contributed by atoms with van der Waals surface area (Å²) in [6, 6.07) is 4.73. The molecule has 20 heavy (non-hydrogen) atoms. The van der Waals surface area contributed by atoms with Crippen molar-refractivity contribution < 1.29 is 27.7 Å². The van der Waals surface area contributed by atoms with E-state index in [4.69, 9.17) is 9.78 Å². The lowest BCUT2D eigenvalue weighted by Crippen LogP contribution is -2.44. The molecular weight excluding hydrogens is 275 g/mol. The molecule has 0 fully saturated rings. The SMILES string of the molecule is CC(Cc1ccc2c(c1)OOC2)N(C)C(=O)C(F)(F)F. The highest BCUT2D eigenvalue weighted by molar-refractivity contribution is 5.81. The maximum atomic E-state index is 12.4. The van der Waals surface area contributed by atoms with Gasteiger partial charge in [-0.3, -0.25) is 4.79 Å². The smallest absolute Gasteiger partial charge is 0.337 e. The first-order chi connectivity index (χ1) is 9.29. The molecule has 7 heteroatoms. The summed E-state index contributed by atoms with van der Waals surface area (Å²) in [5.74, 6) is -1.27. The minimum Gasteiger partial charge on any atom is -0.337 e. The summed E-state index contributed by atoms with van der Waals surface area (Å²) in [6.07, 6.45) is -4.55. The Balaban J connectivity index is 2.04. The Labute approximate surface area is 114 Å². The van der Waals surface area contributed by atoms with Crippen molar-refractivity contribution in [1.82, 2.24) is 4.90 Å². The van der Waals surface area contributed by atoms with Gasteiger partial charge in [-0.2, -0.15) is 18.1 Å². The summed E-state index contributed by atoms with van der Waals surface area (Å²) in [7, 11) is 1.15. The molecule has 0 saturated carbocycles. The van der Waals surface area contributed by atoms with E-state index in [9.17, 15) is 18.0 Å². The Bertz CT molecular complexity index is 516. The van der Waals surface area contributed by atoms with E-state index in [1.165, 1.54) is 0 Å². The van der Waals surface area contributed by atoms with Gasteiger partial charge in [0.1, 0.15) is 6.61 Å². The summed E-state index contributed by atoms with van der Waals surface area (Å²) in [4.78, 5) is 21.6. The highest BCUT2D eigenvalue weighted by Crippen LogP contribution is 2.28. The molecule has 0 aromatic heterocycles. The largest absolute Gasteiger partial charge is 0.471 e. The molecule has 0 aliphatic carbocycles. The van der Waals surface area contributed by atoms with Gasteiger partial charge in [-0.1, -0.05) is 12.1 Å². The number of alkyl halides is 3. The van der Waals surface area contributed by atoms with E-state index in [1.807, 2.05) is 0 Å². The lowest BCUT2D eigenvalue weighted by atomic mass is 10.0. The molecule has 1 atom stereocenters. The number of benzene rings is 1. The summed E-state index contributed by atoms with van der Waals surface area (Å²) in [5.41, 5.74) is 1.67. The molecule has 1 heterocycles. The maximum absolute atomic E-state index is 12.4. The summed E-state index contributed by atoms with van der Waals surface area (Å²) >= 11 is 0. The highest BCUT2D eigenvalue weighted by Gasteiger charge is 2.42. The number of carbonyl (C=O) groups is 1. The predicted octanol–water partition coefficient (Wildman–Crippen LogP) is 2.46. The Morgan fingerprint density at radius 3 is 2.80 bits per heavy atom. The fraction of sp³-hybridized carbons (Fsp3) is 0.462. The number of fused-ring (bicyclic) bond motifs is 1. The molecule has 0 spiro atoms. The van der Waals surface area contributed by atoms with Crippen LogP contribution >= 0.6 is 0 Å². The number of halogens is 3. The van der Waals surface area contributed by atoms with Crippen LogP contribution in [0.1, 0.15) is 18.1 Å². The lowest BCUT2D eigenvalue weighted by molar-refractivity contribution is -0.194. The normalized spacial score (nSPS) is 15.4. The number of nitrogens with zero attached hydrogens (tertiary/aromatic N) is 1. The van der Waals surface area contributed by atoms with Crippen molar-refractivity contribution in [2.24, 2.45) is 0 Å². The molecule has 2 rings (SSSR count). The van der Waals surface area contributed by atoms with Gasteiger partial charge in [-0.15, -0.1) is 0 Å². The van der Waals surface area contributed by atoms with Crippen molar-refractivity contribution in [3.8, 4) is 5.75 Å². The van der Waals surface area contributed by atoms with Crippen LogP contribution < -0.4 is 4.89 Å². The topological polar surface area (TPSA) is 38.8 Å². The van der Waals surface area contributed by atoms with E-state index < -0.39 is 18.1 Å². The number of likely N-dealkylation sites (N-methyl/N-ethyl adjacent to an activating group) is 1. The molecular formula is C13H14F3NO3. The zero-order valence-corrected chi connectivity index (χ0v) is 11.0. The van der Waals surface area contributed by atoms with Gasteiger partial charge in [0.2, 0.25) is 0 Å². The fourth-order valence-corrected chi connectivity index (χ4v) is 1.96. The number of rotatable bonds is 3. The van der Waals surface area contributed by atoms with Crippen molar-refractivity contribution in [2.75, 3.05) is 7.05 Å². The molecule has 0 bridgehead atoms. The fourth-order valence-electron chi connectivity index (χ4n) is 1.96. The van der Waals surface area contributed by atoms with Gasteiger partial charge in [0.05, 0.1) is 0 Å². The van der Waals surface area contributed by atoms with Crippen molar-refractivity contribution in [3.05, 3.63) is 29.3 Å². The van der Waals surface area contributed by atoms with Gasteiger partial charge in [0.25, 0.3) is 0 Å². The van der Waals surface area contributed by atoms with Crippen LogP contribution in [0, 0.1) is 0 Å². The van der Waals surface area contributed by atoms with Crippen molar-refractivity contribution in [3.63, 3.8) is 0 Å². The number of hydrogen-bond donors (Lipinski definition) is 0. The first-order valence-corrected chi connectivity index (χ1v) is 6.04. The zero-order chi connectivity index (χ0) is 14.9. The monoisotopic (exact) mass is 289 g/mol. The maximum Gasteiger partial charge on any atom is 0.471 e. The van der Waals surface area contributed by atoms with Crippen LogP contribution in [0.5, 0.6) is 5.75 Å². The van der Waals surface area contributed by atoms with Crippen LogP contribution in [0.25, 0.3) is 0 Å². The minimum atomic E-state index is -4.85. The van der Waals surface area contributed by atoms with Gasteiger partial charge < -0.3 is 9.79 Å². The summed E-state index contributed by atoms with van der Waals surface area (Å²) in [6.45, 7) is 1.92. The Morgan fingerprint density at radius 2 is 2.15 bits per heavy atom. The van der Waals surface area contributed by atoms with Crippen molar-refractivity contribution in [2.45, 2.75) is 32.2 Å². The van der Waals surface area contributed by atoms with Crippen molar-refractivity contribution >= 4 is 5.91 Å². The third-order valence-corrected chi connectivity index (χ3v) is 3.25. The van der Waals surface area contributed by atoms with Gasteiger partial charge in [0, 0.05) is 18.7 Å². The zero-order valence-electron chi connectivity index (χ0n) is 11.0. The molecule has 4 nitrogen and oxygen atoms in total. The first-order valence-electron chi connectivity index (χ1n) is 6.04. The Hall–Kier alpha value is -1.76. The van der Waals surface area contributed by atoms with Crippen LogP contribution in [-0.2, 0) is 22.7 Å². The van der Waals surface area contributed by atoms with Gasteiger partial charge in [0.15, 0.2) is 5.75 Å². The van der Waals surface area contributed by atoms with E-state index in [2.05, 4.69) is 0 Å². The Morgan fingerprint density at radius 1 is 1.45 bits per heavy atom. The highest BCUT2D eigenvalue weighted by atomic mass is 19.4. The molecule has 0 N–H and O–H groups in total. The number of carbonyl (C=O) groups excluding carboxylic acids is 1. The van der Waals surface area contributed by atoms with E-state index in [0.29, 0.717) is 23.7 Å². The average Bonchev–Trinajstić information content (AvgIpc) is 2.83.